The summed E-state index contributed by atoms with van der Waals surface area (Å²) in [6.07, 6.45) is -4.82. The Morgan fingerprint density at radius 3 is 2.33 bits per heavy atom. The first-order chi connectivity index (χ1) is 11.2. The van der Waals surface area contributed by atoms with Gasteiger partial charge in [-0.25, -0.2) is 8.78 Å². The van der Waals surface area contributed by atoms with Crippen LogP contribution in [0.3, 0.4) is 0 Å². The maximum Gasteiger partial charge on any atom is 0.416 e. The van der Waals surface area contributed by atoms with Crippen molar-refractivity contribution < 1.29 is 31.8 Å². The molecule has 1 atom stereocenters. The zero-order chi connectivity index (χ0) is 18.0. The van der Waals surface area contributed by atoms with Gasteiger partial charge in [0.15, 0.2) is 0 Å². The zero-order valence-electron chi connectivity index (χ0n) is 13.0. The highest BCUT2D eigenvalue weighted by atomic mass is 19.4. The van der Waals surface area contributed by atoms with Crippen molar-refractivity contribution in [2.75, 3.05) is 39.9 Å². The van der Waals surface area contributed by atoms with Crippen molar-refractivity contribution in [2.24, 2.45) is 0 Å². The van der Waals surface area contributed by atoms with Crippen molar-refractivity contribution in [2.45, 2.75) is 18.1 Å². The van der Waals surface area contributed by atoms with Gasteiger partial charge < -0.3 is 15.2 Å². The fourth-order valence-electron chi connectivity index (χ4n) is 2.86. The zero-order valence-corrected chi connectivity index (χ0v) is 13.0. The molecule has 1 aromatic rings. The molecule has 1 aromatic carbocycles. The minimum atomic E-state index is -4.82. The molecule has 0 amide bonds. The van der Waals surface area contributed by atoms with E-state index in [0.29, 0.717) is 19.2 Å². The van der Waals surface area contributed by atoms with Gasteiger partial charge in [0.1, 0.15) is 18.4 Å². The predicted octanol–water partition coefficient (Wildman–Crippen LogP) is 2.29. The summed E-state index contributed by atoms with van der Waals surface area (Å²) in [5.74, 6) is -3.79. The first kappa shape index (κ1) is 18.9. The summed E-state index contributed by atoms with van der Waals surface area (Å²) < 4.78 is 73.6. The Morgan fingerprint density at radius 1 is 1.21 bits per heavy atom. The van der Waals surface area contributed by atoms with Crippen molar-refractivity contribution in [3.8, 4) is 5.75 Å². The number of methoxy groups -OCH3 is 1. The van der Waals surface area contributed by atoms with Crippen molar-refractivity contribution in [1.29, 1.82) is 0 Å². The lowest BCUT2D eigenvalue weighted by atomic mass is 9.93. The molecule has 1 aliphatic rings. The van der Waals surface area contributed by atoms with Crippen LogP contribution in [0.4, 0.5) is 22.0 Å². The number of hydrogen-bond donors (Lipinski definition) is 2. The number of benzene rings is 1. The van der Waals surface area contributed by atoms with Crippen molar-refractivity contribution in [1.82, 2.24) is 10.2 Å². The minimum Gasteiger partial charge on any atom is -0.497 e. The lowest BCUT2D eigenvalue weighted by molar-refractivity contribution is -0.145. The van der Waals surface area contributed by atoms with Gasteiger partial charge in [-0.05, 0) is 17.7 Å². The SMILES string of the molecule is COc1ccc([C@@H](N2CCNCC2)C(F)(F)CO)c(C(F)(F)F)c1. The maximum absolute atomic E-state index is 14.3. The molecule has 0 radical (unpaired) electrons. The summed E-state index contributed by atoms with van der Waals surface area (Å²) >= 11 is 0. The molecular weight excluding hydrogens is 335 g/mol. The Kier molecular flexibility index (Phi) is 5.67. The van der Waals surface area contributed by atoms with Crippen LogP contribution < -0.4 is 10.1 Å². The molecule has 0 unspecified atom stereocenters. The smallest absolute Gasteiger partial charge is 0.416 e. The minimum absolute atomic E-state index is 0.0718. The van der Waals surface area contributed by atoms with E-state index in [0.717, 1.165) is 6.07 Å². The average Bonchev–Trinajstić information content (AvgIpc) is 2.55. The topological polar surface area (TPSA) is 44.7 Å². The third-order valence-electron chi connectivity index (χ3n) is 3.99. The molecule has 2 N–H and O–H groups in total. The van der Waals surface area contributed by atoms with Crippen molar-refractivity contribution in [3.05, 3.63) is 29.3 Å². The van der Waals surface area contributed by atoms with E-state index in [1.165, 1.54) is 18.1 Å². The van der Waals surface area contributed by atoms with Crippen LogP contribution in [0.15, 0.2) is 18.2 Å². The fourth-order valence-corrected chi connectivity index (χ4v) is 2.86. The normalized spacial score (nSPS) is 18.5. The second-order valence-corrected chi connectivity index (χ2v) is 5.56. The van der Waals surface area contributed by atoms with Gasteiger partial charge in [-0.15, -0.1) is 0 Å². The highest BCUT2D eigenvalue weighted by Gasteiger charge is 2.48. The molecule has 24 heavy (non-hydrogen) atoms. The molecule has 1 saturated heterocycles. The van der Waals surface area contributed by atoms with E-state index in [-0.39, 0.29) is 18.8 Å². The number of halogens is 5. The molecule has 0 saturated carbocycles. The van der Waals surface area contributed by atoms with Gasteiger partial charge in [-0.1, -0.05) is 6.07 Å². The van der Waals surface area contributed by atoms with Crippen LogP contribution in [0, 0.1) is 0 Å². The van der Waals surface area contributed by atoms with E-state index in [1.807, 2.05) is 0 Å². The Labute approximate surface area is 136 Å². The largest absolute Gasteiger partial charge is 0.497 e. The van der Waals surface area contributed by atoms with Crippen LogP contribution in [0.5, 0.6) is 5.75 Å². The Morgan fingerprint density at radius 2 is 1.83 bits per heavy atom. The number of nitrogens with zero attached hydrogens (tertiary/aromatic N) is 1. The van der Waals surface area contributed by atoms with Crippen LogP contribution in [-0.4, -0.2) is 55.8 Å². The second kappa shape index (κ2) is 7.20. The van der Waals surface area contributed by atoms with E-state index in [9.17, 15) is 22.0 Å². The molecule has 2 rings (SSSR count). The van der Waals surface area contributed by atoms with Gasteiger partial charge >= 0.3 is 6.18 Å². The van der Waals surface area contributed by atoms with Crippen LogP contribution in [0.1, 0.15) is 17.2 Å². The third kappa shape index (κ3) is 3.96. The number of hydrogen-bond acceptors (Lipinski definition) is 4. The molecule has 0 aliphatic carbocycles. The molecule has 9 heteroatoms. The summed E-state index contributed by atoms with van der Waals surface area (Å²) in [6.45, 7) is -0.455. The predicted molar refractivity (Wildman–Crippen MR) is 77.2 cm³/mol. The van der Waals surface area contributed by atoms with Gasteiger partial charge in [0.05, 0.1) is 12.7 Å². The quantitative estimate of drug-likeness (QED) is 0.797. The highest BCUT2D eigenvalue weighted by Crippen LogP contribution is 2.43. The molecule has 1 aliphatic heterocycles. The van der Waals surface area contributed by atoms with Gasteiger partial charge in [0.2, 0.25) is 0 Å². The number of nitrogens with one attached hydrogen (secondary N) is 1. The van der Waals surface area contributed by atoms with E-state index < -0.39 is 35.9 Å². The van der Waals surface area contributed by atoms with Crippen molar-refractivity contribution in [3.63, 3.8) is 0 Å². The van der Waals surface area contributed by atoms with Gasteiger partial charge in [0, 0.05) is 26.2 Å². The summed E-state index contributed by atoms with van der Waals surface area (Å²) in [5, 5.41) is 12.0. The molecule has 0 spiro atoms. The molecule has 0 bridgehead atoms. The molecule has 1 heterocycles. The van der Waals surface area contributed by atoms with Gasteiger partial charge in [0.25, 0.3) is 5.92 Å². The lowest BCUT2D eigenvalue weighted by Crippen LogP contribution is -2.51. The summed E-state index contributed by atoms with van der Waals surface area (Å²) in [7, 11) is 1.20. The van der Waals surface area contributed by atoms with E-state index in [2.05, 4.69) is 5.32 Å². The number of piperazine rings is 1. The first-order valence-corrected chi connectivity index (χ1v) is 7.39. The van der Waals surface area contributed by atoms with E-state index in [1.54, 1.807) is 0 Å². The number of alkyl halides is 5. The Balaban J connectivity index is 2.56. The fraction of sp³-hybridized carbons (Fsp3) is 0.600. The number of aliphatic hydroxyl groups is 1. The monoisotopic (exact) mass is 354 g/mol. The van der Waals surface area contributed by atoms with Gasteiger partial charge in [-0.3, -0.25) is 4.90 Å². The summed E-state index contributed by atoms with van der Waals surface area (Å²) in [5.41, 5.74) is -1.75. The molecule has 4 nitrogen and oxygen atoms in total. The Bertz CT molecular complexity index is 559. The van der Waals surface area contributed by atoms with Crippen molar-refractivity contribution >= 4 is 0 Å². The molecule has 136 valence electrons. The molecular formula is C15H19F5N2O2. The van der Waals surface area contributed by atoms with Crippen LogP contribution >= 0.6 is 0 Å². The summed E-state index contributed by atoms with van der Waals surface area (Å²) in [6, 6.07) is 1.05. The van der Waals surface area contributed by atoms with E-state index in [4.69, 9.17) is 9.84 Å². The van der Waals surface area contributed by atoms with Crippen LogP contribution in [0.2, 0.25) is 0 Å². The summed E-state index contributed by atoms with van der Waals surface area (Å²) in [4.78, 5) is 1.27. The number of ether oxygens (including phenoxy) is 1. The highest BCUT2D eigenvalue weighted by molar-refractivity contribution is 5.40. The standard InChI is InChI=1S/C15H19F5N2O2/c1-24-10-2-3-11(12(8-10)15(18,19)20)13(14(16,17)9-23)22-6-4-21-5-7-22/h2-3,8,13,21,23H,4-7,9H2,1H3/t13-/m1/s1. The maximum atomic E-state index is 14.3. The average molecular weight is 354 g/mol. The number of aliphatic hydroxyl groups excluding tert-OH is 1. The number of rotatable bonds is 5. The Hall–Kier alpha value is -1.45. The molecule has 0 aromatic heterocycles. The van der Waals surface area contributed by atoms with Crippen LogP contribution in [0.25, 0.3) is 0 Å². The van der Waals surface area contributed by atoms with Gasteiger partial charge in [-0.2, -0.15) is 13.2 Å². The van der Waals surface area contributed by atoms with Crippen LogP contribution in [-0.2, 0) is 6.18 Å². The van der Waals surface area contributed by atoms with E-state index >= 15 is 0 Å². The second-order valence-electron chi connectivity index (χ2n) is 5.56. The molecule has 1 fully saturated rings. The third-order valence-corrected chi connectivity index (χ3v) is 3.99. The lowest BCUT2D eigenvalue weighted by Gasteiger charge is -2.39. The first-order valence-electron chi connectivity index (χ1n) is 7.39.